The summed E-state index contributed by atoms with van der Waals surface area (Å²) < 4.78 is 11.2. The van der Waals surface area contributed by atoms with E-state index < -0.39 is 11.7 Å². The highest BCUT2D eigenvalue weighted by Crippen LogP contribution is 2.19. The SMILES string of the molecule is CC/C=C\C(Cc1ccc(OC(C)(C)C)cc1)NC(=O)OC(C)(C)C. The number of amides is 1. The van der Waals surface area contributed by atoms with Gasteiger partial charge in [0, 0.05) is 0 Å². The van der Waals surface area contributed by atoms with E-state index in [1.54, 1.807) is 0 Å². The topological polar surface area (TPSA) is 47.6 Å². The summed E-state index contributed by atoms with van der Waals surface area (Å²) in [7, 11) is 0. The first-order valence-electron chi connectivity index (χ1n) is 8.92. The van der Waals surface area contributed by atoms with Crippen molar-refractivity contribution in [3.05, 3.63) is 42.0 Å². The van der Waals surface area contributed by atoms with Gasteiger partial charge < -0.3 is 14.8 Å². The van der Waals surface area contributed by atoms with Gasteiger partial charge in [0.2, 0.25) is 0 Å². The normalized spacial score (nSPS) is 13.6. The number of ether oxygens (including phenoxy) is 2. The zero-order valence-electron chi connectivity index (χ0n) is 16.7. The zero-order chi connectivity index (χ0) is 19.1. The molecule has 0 heterocycles. The molecule has 0 aliphatic carbocycles. The molecule has 1 amide bonds. The molecule has 1 rings (SSSR count). The van der Waals surface area contributed by atoms with E-state index in [-0.39, 0.29) is 11.6 Å². The van der Waals surface area contributed by atoms with E-state index in [9.17, 15) is 4.79 Å². The van der Waals surface area contributed by atoms with Crippen LogP contribution in [0.3, 0.4) is 0 Å². The standard InChI is InChI=1S/C21H33NO3/c1-8-9-10-17(22-19(23)25-21(5,6)7)15-16-11-13-18(14-12-16)24-20(2,3)4/h9-14,17H,8,15H2,1-7H3,(H,22,23)/b10-9-. The first-order chi connectivity index (χ1) is 11.5. The Kier molecular flexibility index (Phi) is 7.53. The molecule has 0 radical (unpaired) electrons. The Hall–Kier alpha value is -1.97. The van der Waals surface area contributed by atoms with E-state index >= 15 is 0 Å². The maximum atomic E-state index is 12.0. The number of benzene rings is 1. The van der Waals surface area contributed by atoms with Crippen LogP contribution in [0.1, 0.15) is 60.5 Å². The smallest absolute Gasteiger partial charge is 0.408 e. The summed E-state index contributed by atoms with van der Waals surface area (Å²) in [6, 6.07) is 7.89. The van der Waals surface area contributed by atoms with Gasteiger partial charge in [-0.2, -0.15) is 0 Å². The average Bonchev–Trinajstić information content (AvgIpc) is 2.43. The van der Waals surface area contributed by atoms with Crippen LogP contribution in [0.5, 0.6) is 5.75 Å². The van der Waals surface area contributed by atoms with Gasteiger partial charge in [-0.25, -0.2) is 4.79 Å². The summed E-state index contributed by atoms with van der Waals surface area (Å²) >= 11 is 0. The van der Waals surface area contributed by atoms with Gasteiger partial charge in [0.25, 0.3) is 0 Å². The molecule has 0 aliphatic rings. The van der Waals surface area contributed by atoms with E-state index in [1.165, 1.54) is 0 Å². The maximum absolute atomic E-state index is 12.0. The molecule has 1 atom stereocenters. The Morgan fingerprint density at radius 2 is 1.68 bits per heavy atom. The van der Waals surface area contributed by atoms with Crippen LogP contribution in [-0.4, -0.2) is 23.3 Å². The van der Waals surface area contributed by atoms with Crippen LogP contribution in [0.25, 0.3) is 0 Å². The third kappa shape index (κ3) is 9.80. The molecule has 0 bridgehead atoms. The van der Waals surface area contributed by atoms with Crippen LogP contribution in [-0.2, 0) is 11.2 Å². The van der Waals surface area contributed by atoms with Gasteiger partial charge in [-0.3, -0.25) is 0 Å². The molecule has 0 saturated heterocycles. The fourth-order valence-electron chi connectivity index (χ4n) is 2.23. The minimum atomic E-state index is -0.505. The zero-order valence-corrected chi connectivity index (χ0v) is 16.7. The van der Waals surface area contributed by atoms with Crippen molar-refractivity contribution < 1.29 is 14.3 Å². The lowest BCUT2D eigenvalue weighted by Gasteiger charge is -2.23. The summed E-state index contributed by atoms with van der Waals surface area (Å²) in [6.45, 7) is 13.7. The van der Waals surface area contributed by atoms with E-state index in [1.807, 2.05) is 71.9 Å². The summed E-state index contributed by atoms with van der Waals surface area (Å²) in [6.07, 6.45) is 5.30. The largest absolute Gasteiger partial charge is 0.488 e. The molecule has 1 aromatic rings. The van der Waals surface area contributed by atoms with E-state index in [4.69, 9.17) is 9.47 Å². The van der Waals surface area contributed by atoms with Crippen LogP contribution < -0.4 is 10.1 Å². The minimum Gasteiger partial charge on any atom is -0.488 e. The van der Waals surface area contributed by atoms with Gasteiger partial charge >= 0.3 is 6.09 Å². The van der Waals surface area contributed by atoms with Crippen LogP contribution >= 0.6 is 0 Å². The lowest BCUT2D eigenvalue weighted by atomic mass is 10.0. The average molecular weight is 347 g/mol. The van der Waals surface area contributed by atoms with Gasteiger partial charge in [-0.05, 0) is 72.1 Å². The third-order valence-corrected chi connectivity index (χ3v) is 3.11. The van der Waals surface area contributed by atoms with Crippen molar-refractivity contribution in [1.29, 1.82) is 0 Å². The van der Waals surface area contributed by atoms with Crippen molar-refractivity contribution >= 4 is 6.09 Å². The summed E-state index contributed by atoms with van der Waals surface area (Å²) in [5, 5.41) is 2.93. The van der Waals surface area contributed by atoms with Crippen LogP contribution in [0.2, 0.25) is 0 Å². The molecule has 25 heavy (non-hydrogen) atoms. The monoisotopic (exact) mass is 347 g/mol. The number of nitrogens with one attached hydrogen (secondary N) is 1. The predicted molar refractivity (Wildman–Crippen MR) is 103 cm³/mol. The van der Waals surface area contributed by atoms with Gasteiger partial charge in [-0.15, -0.1) is 0 Å². The highest BCUT2D eigenvalue weighted by Gasteiger charge is 2.18. The number of allylic oxidation sites excluding steroid dienone is 1. The number of alkyl carbamates (subject to hydrolysis) is 1. The van der Waals surface area contributed by atoms with Gasteiger partial charge in [0.1, 0.15) is 17.0 Å². The second-order valence-corrected chi connectivity index (χ2v) is 8.15. The fourth-order valence-corrected chi connectivity index (χ4v) is 2.23. The molecule has 140 valence electrons. The Morgan fingerprint density at radius 3 is 2.16 bits per heavy atom. The van der Waals surface area contributed by atoms with Gasteiger partial charge in [-0.1, -0.05) is 31.2 Å². The van der Waals surface area contributed by atoms with Crippen molar-refractivity contribution in [2.24, 2.45) is 0 Å². The molecular formula is C21H33NO3. The second-order valence-electron chi connectivity index (χ2n) is 8.15. The molecule has 1 aromatic carbocycles. The predicted octanol–water partition coefficient (Wildman–Crippen LogP) is 5.27. The molecular weight excluding hydrogens is 314 g/mol. The molecule has 4 nitrogen and oxygen atoms in total. The van der Waals surface area contributed by atoms with Gasteiger partial charge in [0.15, 0.2) is 0 Å². The van der Waals surface area contributed by atoms with Gasteiger partial charge in [0.05, 0.1) is 6.04 Å². The number of carbonyl (C=O) groups excluding carboxylic acids is 1. The highest BCUT2D eigenvalue weighted by molar-refractivity contribution is 5.68. The summed E-state index contributed by atoms with van der Waals surface area (Å²) in [5.41, 5.74) is 0.407. The quantitative estimate of drug-likeness (QED) is 0.714. The van der Waals surface area contributed by atoms with Crippen molar-refractivity contribution in [1.82, 2.24) is 5.32 Å². The lowest BCUT2D eigenvalue weighted by Crippen LogP contribution is -2.39. The Bertz CT molecular complexity index is 562. The van der Waals surface area contributed by atoms with E-state index in [2.05, 4.69) is 18.3 Å². The Labute approximate surface area is 152 Å². The molecule has 1 N–H and O–H groups in total. The molecule has 0 spiro atoms. The molecule has 0 fully saturated rings. The molecule has 1 unspecified atom stereocenters. The van der Waals surface area contributed by atoms with Crippen LogP contribution in [0.15, 0.2) is 36.4 Å². The Balaban J connectivity index is 2.74. The van der Waals surface area contributed by atoms with E-state index in [0.29, 0.717) is 6.42 Å². The van der Waals surface area contributed by atoms with Crippen molar-refractivity contribution in [2.75, 3.05) is 0 Å². The Morgan fingerprint density at radius 1 is 1.08 bits per heavy atom. The second kappa shape index (κ2) is 8.93. The van der Waals surface area contributed by atoms with Crippen LogP contribution in [0.4, 0.5) is 4.79 Å². The van der Waals surface area contributed by atoms with E-state index in [0.717, 1.165) is 17.7 Å². The number of hydrogen-bond donors (Lipinski definition) is 1. The molecule has 0 aliphatic heterocycles. The first-order valence-corrected chi connectivity index (χ1v) is 8.92. The van der Waals surface area contributed by atoms with Crippen molar-refractivity contribution in [3.63, 3.8) is 0 Å². The highest BCUT2D eigenvalue weighted by atomic mass is 16.6. The number of carbonyl (C=O) groups is 1. The van der Waals surface area contributed by atoms with Crippen molar-refractivity contribution in [3.8, 4) is 5.75 Å². The third-order valence-electron chi connectivity index (χ3n) is 3.11. The molecule has 0 aromatic heterocycles. The molecule has 0 saturated carbocycles. The summed E-state index contributed by atoms with van der Waals surface area (Å²) in [5.74, 6) is 0.844. The van der Waals surface area contributed by atoms with Crippen molar-refractivity contribution in [2.45, 2.75) is 78.6 Å². The summed E-state index contributed by atoms with van der Waals surface area (Å²) in [4.78, 5) is 12.0. The first kappa shape index (κ1) is 21.1. The van der Waals surface area contributed by atoms with Crippen LogP contribution in [0, 0.1) is 0 Å². The number of hydrogen-bond acceptors (Lipinski definition) is 3. The maximum Gasteiger partial charge on any atom is 0.408 e. The fraction of sp³-hybridized carbons (Fsp3) is 0.571. The lowest BCUT2D eigenvalue weighted by molar-refractivity contribution is 0.0514. The molecule has 4 heteroatoms. The number of rotatable bonds is 6. The minimum absolute atomic E-state index is 0.107.